The maximum atomic E-state index is 12.3. The molecular weight excluding hydrogens is 298 g/mol. The van der Waals surface area contributed by atoms with E-state index in [-0.39, 0.29) is 18.1 Å². The first-order chi connectivity index (χ1) is 11.1. The monoisotopic (exact) mass is 317 g/mol. The van der Waals surface area contributed by atoms with E-state index >= 15 is 0 Å². The molecule has 2 aromatic rings. The lowest BCUT2D eigenvalue weighted by Gasteiger charge is -2.21. The highest BCUT2D eigenvalue weighted by Gasteiger charge is 2.38. The average molecular weight is 317 g/mol. The van der Waals surface area contributed by atoms with Crippen LogP contribution in [0.1, 0.15) is 34.7 Å². The van der Waals surface area contributed by atoms with Gasteiger partial charge in [0.1, 0.15) is 29.3 Å². The Morgan fingerprint density at radius 1 is 1.43 bits per heavy atom. The van der Waals surface area contributed by atoms with Crippen molar-refractivity contribution in [1.82, 2.24) is 15.5 Å². The van der Waals surface area contributed by atoms with Crippen LogP contribution in [0.15, 0.2) is 29.0 Å². The van der Waals surface area contributed by atoms with Gasteiger partial charge in [0, 0.05) is 6.20 Å². The molecule has 122 valence electrons. The molecule has 1 fully saturated rings. The van der Waals surface area contributed by atoms with E-state index in [2.05, 4.69) is 15.5 Å². The second kappa shape index (κ2) is 6.37. The van der Waals surface area contributed by atoms with Crippen molar-refractivity contribution in [3.05, 3.63) is 41.5 Å². The number of nitrogens with zero attached hydrogens (tertiary/aromatic N) is 2. The lowest BCUT2D eigenvalue weighted by Crippen LogP contribution is -2.44. The number of nitrogens with one attached hydrogen (secondary N) is 1. The number of carbonyl (C=O) groups is 1. The zero-order valence-corrected chi connectivity index (χ0v) is 13.0. The van der Waals surface area contributed by atoms with Crippen LogP contribution in [0.25, 0.3) is 0 Å². The van der Waals surface area contributed by atoms with Gasteiger partial charge < -0.3 is 19.7 Å². The fraction of sp³-hybridized carbons (Fsp3) is 0.438. The SMILES string of the molecule is Cc1noc(C)c1C(=O)N[C@@H]1CC[C@@H](Oc2cccnc2)[C@@H]1O. The second-order valence-corrected chi connectivity index (χ2v) is 5.69. The van der Waals surface area contributed by atoms with Crippen LogP contribution in [0.4, 0.5) is 0 Å². The van der Waals surface area contributed by atoms with Crippen molar-refractivity contribution in [2.24, 2.45) is 0 Å². The third kappa shape index (κ3) is 3.19. The van der Waals surface area contributed by atoms with Crippen LogP contribution in [-0.4, -0.2) is 39.4 Å². The van der Waals surface area contributed by atoms with E-state index in [1.54, 1.807) is 38.4 Å². The van der Waals surface area contributed by atoms with Gasteiger partial charge in [0.15, 0.2) is 0 Å². The first-order valence-electron chi connectivity index (χ1n) is 7.54. The molecule has 0 unspecified atom stereocenters. The predicted molar refractivity (Wildman–Crippen MR) is 81.1 cm³/mol. The normalized spacial score (nSPS) is 23.7. The molecular formula is C16H19N3O4. The highest BCUT2D eigenvalue weighted by Crippen LogP contribution is 2.25. The van der Waals surface area contributed by atoms with Crippen molar-refractivity contribution in [2.75, 3.05) is 0 Å². The molecule has 0 aliphatic heterocycles. The number of aliphatic hydroxyl groups excluding tert-OH is 1. The minimum atomic E-state index is -0.778. The minimum Gasteiger partial charge on any atom is -0.486 e. The summed E-state index contributed by atoms with van der Waals surface area (Å²) in [5.74, 6) is 0.789. The highest BCUT2D eigenvalue weighted by molar-refractivity contribution is 5.96. The Kier molecular flexibility index (Phi) is 4.29. The van der Waals surface area contributed by atoms with E-state index in [4.69, 9.17) is 9.26 Å². The van der Waals surface area contributed by atoms with Crippen LogP contribution in [0, 0.1) is 13.8 Å². The maximum absolute atomic E-state index is 12.3. The number of aliphatic hydroxyl groups is 1. The number of ether oxygens (including phenoxy) is 1. The van der Waals surface area contributed by atoms with Crippen molar-refractivity contribution in [3.63, 3.8) is 0 Å². The zero-order chi connectivity index (χ0) is 16.4. The van der Waals surface area contributed by atoms with Gasteiger partial charge in [-0.2, -0.15) is 0 Å². The average Bonchev–Trinajstić information content (AvgIpc) is 3.05. The van der Waals surface area contributed by atoms with Crippen molar-refractivity contribution in [2.45, 2.75) is 44.9 Å². The van der Waals surface area contributed by atoms with Crippen LogP contribution in [-0.2, 0) is 0 Å². The Morgan fingerprint density at radius 3 is 2.91 bits per heavy atom. The van der Waals surface area contributed by atoms with Gasteiger partial charge in [0.2, 0.25) is 0 Å². The van der Waals surface area contributed by atoms with Crippen molar-refractivity contribution < 1.29 is 19.2 Å². The van der Waals surface area contributed by atoms with Gasteiger partial charge in [-0.15, -0.1) is 0 Å². The van der Waals surface area contributed by atoms with Crippen molar-refractivity contribution in [3.8, 4) is 5.75 Å². The molecule has 1 aliphatic rings. The molecule has 0 aromatic carbocycles. The van der Waals surface area contributed by atoms with Gasteiger partial charge in [0.25, 0.3) is 5.91 Å². The maximum Gasteiger partial charge on any atom is 0.257 e. The van der Waals surface area contributed by atoms with Crippen LogP contribution >= 0.6 is 0 Å². The zero-order valence-electron chi connectivity index (χ0n) is 13.0. The van der Waals surface area contributed by atoms with Crippen LogP contribution in [0.3, 0.4) is 0 Å². The van der Waals surface area contributed by atoms with E-state index in [0.29, 0.717) is 35.6 Å². The Morgan fingerprint density at radius 2 is 2.26 bits per heavy atom. The minimum absolute atomic E-state index is 0.285. The Balaban J connectivity index is 1.63. The number of rotatable bonds is 4. The largest absolute Gasteiger partial charge is 0.486 e. The number of hydrogen-bond donors (Lipinski definition) is 2. The van der Waals surface area contributed by atoms with E-state index in [1.165, 1.54) is 0 Å². The number of aromatic nitrogens is 2. The Bertz CT molecular complexity index is 666. The van der Waals surface area contributed by atoms with Gasteiger partial charge in [-0.1, -0.05) is 5.16 Å². The molecule has 2 aromatic heterocycles. The van der Waals surface area contributed by atoms with Crippen molar-refractivity contribution >= 4 is 5.91 Å². The number of aryl methyl sites for hydroxylation is 2. The molecule has 7 nitrogen and oxygen atoms in total. The van der Waals surface area contributed by atoms with Crippen LogP contribution in [0.2, 0.25) is 0 Å². The van der Waals surface area contributed by atoms with E-state index in [1.807, 2.05) is 0 Å². The van der Waals surface area contributed by atoms with E-state index < -0.39 is 6.10 Å². The summed E-state index contributed by atoms with van der Waals surface area (Å²) in [6.45, 7) is 3.40. The lowest BCUT2D eigenvalue weighted by atomic mass is 10.1. The fourth-order valence-corrected chi connectivity index (χ4v) is 2.87. The molecule has 2 N–H and O–H groups in total. The quantitative estimate of drug-likeness (QED) is 0.884. The summed E-state index contributed by atoms with van der Waals surface area (Å²) < 4.78 is 10.7. The molecule has 23 heavy (non-hydrogen) atoms. The summed E-state index contributed by atoms with van der Waals surface area (Å²) in [5, 5.41) is 17.0. The standard InChI is InChI=1S/C16H19N3O4/c1-9-14(10(2)23-19-9)16(21)18-12-5-6-13(15(12)20)22-11-4-3-7-17-8-11/h3-4,7-8,12-13,15,20H,5-6H2,1-2H3,(H,18,21)/t12-,13-,15-/m1/s1. The summed E-state index contributed by atoms with van der Waals surface area (Å²) in [6.07, 6.45) is 3.41. The van der Waals surface area contributed by atoms with Gasteiger partial charge in [-0.05, 0) is 38.8 Å². The van der Waals surface area contributed by atoms with Gasteiger partial charge >= 0.3 is 0 Å². The number of amides is 1. The Labute approximate surface area is 133 Å². The van der Waals surface area contributed by atoms with E-state index in [9.17, 15) is 9.90 Å². The first kappa shape index (κ1) is 15.5. The van der Waals surface area contributed by atoms with Gasteiger partial charge in [0.05, 0.1) is 17.9 Å². The third-order valence-corrected chi connectivity index (χ3v) is 4.05. The summed E-state index contributed by atoms with van der Waals surface area (Å²) >= 11 is 0. The predicted octanol–water partition coefficient (Wildman–Crippen LogP) is 1.39. The molecule has 2 heterocycles. The summed E-state index contributed by atoms with van der Waals surface area (Å²) in [4.78, 5) is 16.3. The molecule has 0 spiro atoms. The molecule has 0 radical (unpaired) electrons. The number of pyridine rings is 1. The Hall–Kier alpha value is -2.41. The summed E-state index contributed by atoms with van der Waals surface area (Å²) in [6, 6.07) is 3.20. The third-order valence-electron chi connectivity index (χ3n) is 4.05. The van der Waals surface area contributed by atoms with E-state index in [0.717, 1.165) is 0 Å². The molecule has 1 saturated carbocycles. The summed E-state index contributed by atoms with van der Waals surface area (Å²) in [5.41, 5.74) is 0.962. The lowest BCUT2D eigenvalue weighted by molar-refractivity contribution is 0.0432. The molecule has 3 atom stereocenters. The number of carbonyl (C=O) groups excluding carboxylic acids is 1. The van der Waals surface area contributed by atoms with Gasteiger partial charge in [-0.25, -0.2) is 0 Å². The molecule has 1 amide bonds. The number of hydrogen-bond acceptors (Lipinski definition) is 6. The molecule has 0 bridgehead atoms. The molecule has 3 rings (SSSR count). The smallest absolute Gasteiger partial charge is 0.257 e. The summed E-state index contributed by atoms with van der Waals surface area (Å²) in [7, 11) is 0. The molecule has 7 heteroatoms. The first-order valence-corrected chi connectivity index (χ1v) is 7.54. The van der Waals surface area contributed by atoms with Crippen LogP contribution < -0.4 is 10.1 Å². The topological polar surface area (TPSA) is 97.5 Å². The van der Waals surface area contributed by atoms with Crippen molar-refractivity contribution in [1.29, 1.82) is 0 Å². The molecule has 0 saturated heterocycles. The van der Waals surface area contributed by atoms with Crippen LogP contribution in [0.5, 0.6) is 5.75 Å². The second-order valence-electron chi connectivity index (χ2n) is 5.69. The fourth-order valence-electron chi connectivity index (χ4n) is 2.87. The highest BCUT2D eigenvalue weighted by atomic mass is 16.5. The van der Waals surface area contributed by atoms with Gasteiger partial charge in [-0.3, -0.25) is 9.78 Å². The molecule has 1 aliphatic carbocycles.